The van der Waals surface area contributed by atoms with Gasteiger partial charge in [0.1, 0.15) is 0 Å². The average molecular weight is 390 g/mol. The second kappa shape index (κ2) is 8.91. The van der Waals surface area contributed by atoms with Crippen LogP contribution in [0, 0.1) is 6.92 Å². The van der Waals surface area contributed by atoms with Crippen molar-refractivity contribution in [1.82, 2.24) is 19.9 Å². The molecular weight excluding hydrogens is 370 g/mol. The van der Waals surface area contributed by atoms with E-state index < -0.39 is 0 Å². The summed E-state index contributed by atoms with van der Waals surface area (Å²) >= 11 is 7.66. The highest BCUT2D eigenvalue weighted by Crippen LogP contribution is 2.13. The third-order valence-corrected chi connectivity index (χ3v) is 5.12. The van der Waals surface area contributed by atoms with Crippen LogP contribution in [-0.4, -0.2) is 32.2 Å². The van der Waals surface area contributed by atoms with Crippen molar-refractivity contribution >= 4 is 29.3 Å². The van der Waals surface area contributed by atoms with E-state index in [-0.39, 0.29) is 5.56 Å². The van der Waals surface area contributed by atoms with Gasteiger partial charge in [-0.15, -0.1) is 0 Å². The van der Waals surface area contributed by atoms with Crippen LogP contribution < -0.4 is 10.9 Å². The summed E-state index contributed by atoms with van der Waals surface area (Å²) < 4.78 is 0. The molecule has 0 amide bonds. The molecule has 1 aromatic carbocycles. The van der Waals surface area contributed by atoms with E-state index in [0.717, 1.165) is 28.5 Å². The number of hydrogen-bond donors (Lipinski definition) is 3. The van der Waals surface area contributed by atoms with Gasteiger partial charge in [-0.3, -0.25) is 9.78 Å². The molecule has 26 heavy (non-hydrogen) atoms. The molecule has 0 radical (unpaired) electrons. The van der Waals surface area contributed by atoms with E-state index in [1.165, 1.54) is 0 Å². The SMILES string of the molecule is Cc1[nH]cnc1CSCCNc1ncc(Cc2ccc(Cl)cc2)c(=O)[nH]1. The van der Waals surface area contributed by atoms with Crippen LogP contribution in [0.15, 0.2) is 41.6 Å². The Bertz CT molecular complexity index is 906. The van der Waals surface area contributed by atoms with E-state index in [4.69, 9.17) is 11.6 Å². The standard InChI is InChI=1S/C18H20ClN5OS/c1-12-16(23-11-22-12)10-26-7-6-20-18-21-9-14(17(25)24-18)8-13-2-4-15(19)5-3-13/h2-5,9,11H,6-8,10H2,1H3,(H,22,23)(H2,20,21,24,25). The summed E-state index contributed by atoms with van der Waals surface area (Å²) in [5.41, 5.74) is 3.70. The Morgan fingerprint density at radius 3 is 2.73 bits per heavy atom. The molecule has 0 aliphatic heterocycles. The zero-order valence-corrected chi connectivity index (χ0v) is 16.0. The predicted octanol–water partition coefficient (Wildman–Crippen LogP) is 3.39. The van der Waals surface area contributed by atoms with E-state index in [9.17, 15) is 4.79 Å². The Morgan fingerprint density at radius 2 is 2.04 bits per heavy atom. The van der Waals surface area contributed by atoms with Crippen molar-refractivity contribution in [1.29, 1.82) is 0 Å². The largest absolute Gasteiger partial charge is 0.355 e. The number of anilines is 1. The lowest BCUT2D eigenvalue weighted by Crippen LogP contribution is -2.18. The minimum Gasteiger partial charge on any atom is -0.355 e. The van der Waals surface area contributed by atoms with Crippen LogP contribution in [-0.2, 0) is 12.2 Å². The number of imidazole rings is 1. The number of benzene rings is 1. The molecule has 2 aromatic heterocycles. The van der Waals surface area contributed by atoms with Crippen LogP contribution in [0.1, 0.15) is 22.5 Å². The molecule has 3 aromatic rings. The molecule has 0 bridgehead atoms. The zero-order valence-electron chi connectivity index (χ0n) is 14.4. The van der Waals surface area contributed by atoms with E-state index in [2.05, 4.69) is 25.3 Å². The lowest BCUT2D eigenvalue weighted by molar-refractivity contribution is 1.01. The van der Waals surface area contributed by atoms with Gasteiger partial charge < -0.3 is 10.3 Å². The maximum absolute atomic E-state index is 12.2. The van der Waals surface area contributed by atoms with Crippen molar-refractivity contribution < 1.29 is 0 Å². The van der Waals surface area contributed by atoms with E-state index in [1.807, 2.05) is 31.2 Å². The quantitative estimate of drug-likeness (QED) is 0.514. The van der Waals surface area contributed by atoms with Gasteiger partial charge in [-0.1, -0.05) is 23.7 Å². The molecule has 0 saturated heterocycles. The molecule has 0 saturated carbocycles. The van der Waals surface area contributed by atoms with Gasteiger partial charge in [0.2, 0.25) is 5.95 Å². The Morgan fingerprint density at radius 1 is 1.23 bits per heavy atom. The Labute approximate surface area is 160 Å². The van der Waals surface area contributed by atoms with Gasteiger partial charge in [-0.2, -0.15) is 11.8 Å². The topological polar surface area (TPSA) is 86.5 Å². The molecular formula is C18H20ClN5OS. The number of aromatic nitrogens is 4. The van der Waals surface area contributed by atoms with E-state index >= 15 is 0 Å². The zero-order chi connectivity index (χ0) is 18.4. The third kappa shape index (κ3) is 5.12. The van der Waals surface area contributed by atoms with Crippen LogP contribution in [0.4, 0.5) is 5.95 Å². The lowest BCUT2D eigenvalue weighted by Gasteiger charge is -2.06. The molecule has 3 rings (SSSR count). The second-order valence-corrected chi connectivity index (χ2v) is 7.38. The molecule has 0 fully saturated rings. The number of thioether (sulfide) groups is 1. The molecule has 3 N–H and O–H groups in total. The Balaban J connectivity index is 1.47. The van der Waals surface area contributed by atoms with Gasteiger partial charge in [0.15, 0.2) is 0 Å². The monoisotopic (exact) mass is 389 g/mol. The fourth-order valence-corrected chi connectivity index (χ4v) is 3.40. The fraction of sp³-hybridized carbons (Fsp3) is 0.278. The summed E-state index contributed by atoms with van der Waals surface area (Å²) in [4.78, 5) is 26.6. The minimum atomic E-state index is -0.128. The lowest BCUT2D eigenvalue weighted by atomic mass is 10.1. The number of aromatic amines is 2. The molecule has 0 aliphatic rings. The smallest absolute Gasteiger partial charge is 0.255 e. The first-order valence-corrected chi connectivity index (χ1v) is 9.78. The predicted molar refractivity (Wildman–Crippen MR) is 107 cm³/mol. The molecule has 6 nitrogen and oxygen atoms in total. The van der Waals surface area contributed by atoms with Crippen LogP contribution in [0.2, 0.25) is 5.02 Å². The number of halogens is 1. The highest BCUT2D eigenvalue weighted by atomic mass is 35.5. The average Bonchev–Trinajstić information content (AvgIpc) is 3.04. The molecule has 0 spiro atoms. The molecule has 0 atom stereocenters. The van der Waals surface area contributed by atoms with Crippen LogP contribution in [0.25, 0.3) is 0 Å². The maximum atomic E-state index is 12.2. The Kier molecular flexibility index (Phi) is 6.35. The van der Waals surface area contributed by atoms with Crippen molar-refractivity contribution in [3.8, 4) is 0 Å². The van der Waals surface area contributed by atoms with Gasteiger partial charge >= 0.3 is 0 Å². The first kappa shape index (κ1) is 18.5. The summed E-state index contributed by atoms with van der Waals surface area (Å²) in [6.45, 7) is 2.73. The molecule has 0 aliphatic carbocycles. The van der Waals surface area contributed by atoms with Crippen LogP contribution in [0.5, 0.6) is 0 Å². The van der Waals surface area contributed by atoms with E-state index in [1.54, 1.807) is 24.3 Å². The van der Waals surface area contributed by atoms with Crippen molar-refractivity contribution in [2.75, 3.05) is 17.6 Å². The summed E-state index contributed by atoms with van der Waals surface area (Å²) in [5.74, 6) is 2.25. The summed E-state index contributed by atoms with van der Waals surface area (Å²) in [7, 11) is 0. The van der Waals surface area contributed by atoms with Gasteiger partial charge in [0.25, 0.3) is 5.56 Å². The number of hydrogen-bond acceptors (Lipinski definition) is 5. The number of aryl methyl sites for hydroxylation is 1. The minimum absolute atomic E-state index is 0.128. The number of H-pyrrole nitrogens is 2. The second-order valence-electron chi connectivity index (χ2n) is 5.84. The van der Waals surface area contributed by atoms with Gasteiger partial charge in [0, 0.05) is 46.9 Å². The first-order valence-electron chi connectivity index (χ1n) is 8.25. The van der Waals surface area contributed by atoms with Crippen molar-refractivity contribution in [3.05, 3.63) is 74.7 Å². The first-order chi connectivity index (χ1) is 12.6. The Hall–Kier alpha value is -2.25. The van der Waals surface area contributed by atoms with Gasteiger partial charge in [-0.25, -0.2) is 9.97 Å². The molecule has 2 heterocycles. The van der Waals surface area contributed by atoms with Crippen molar-refractivity contribution in [3.63, 3.8) is 0 Å². The summed E-state index contributed by atoms with van der Waals surface area (Å²) in [6, 6.07) is 7.45. The van der Waals surface area contributed by atoms with E-state index in [0.29, 0.717) is 29.5 Å². The highest BCUT2D eigenvalue weighted by molar-refractivity contribution is 7.98. The van der Waals surface area contributed by atoms with Gasteiger partial charge in [-0.05, 0) is 24.6 Å². The summed E-state index contributed by atoms with van der Waals surface area (Å²) in [5, 5.41) is 3.83. The number of nitrogens with one attached hydrogen (secondary N) is 3. The van der Waals surface area contributed by atoms with Crippen LogP contribution in [0.3, 0.4) is 0 Å². The van der Waals surface area contributed by atoms with Gasteiger partial charge in [0.05, 0.1) is 12.0 Å². The van der Waals surface area contributed by atoms with Crippen LogP contribution >= 0.6 is 23.4 Å². The maximum Gasteiger partial charge on any atom is 0.255 e. The number of rotatable bonds is 8. The highest BCUT2D eigenvalue weighted by Gasteiger charge is 2.05. The molecule has 8 heteroatoms. The normalized spacial score (nSPS) is 10.8. The fourth-order valence-electron chi connectivity index (χ4n) is 2.40. The molecule has 136 valence electrons. The van der Waals surface area contributed by atoms with Crippen molar-refractivity contribution in [2.24, 2.45) is 0 Å². The summed E-state index contributed by atoms with van der Waals surface area (Å²) in [6.07, 6.45) is 3.86. The van der Waals surface area contributed by atoms with Crippen molar-refractivity contribution in [2.45, 2.75) is 19.1 Å². The third-order valence-electron chi connectivity index (χ3n) is 3.89. The molecule has 0 unspecified atom stereocenters. The number of nitrogens with zero attached hydrogens (tertiary/aromatic N) is 2.